The molecular formula is C5H11BF3-. The SMILES string of the molecule is CC(C)(C)C[B-](F)(F)F. The van der Waals surface area contributed by atoms with Crippen LogP contribution in [0.15, 0.2) is 0 Å². The van der Waals surface area contributed by atoms with E-state index in [-0.39, 0.29) is 0 Å². The van der Waals surface area contributed by atoms with E-state index in [2.05, 4.69) is 0 Å². The second-order valence-corrected chi connectivity index (χ2v) is 3.48. The van der Waals surface area contributed by atoms with E-state index in [9.17, 15) is 12.9 Å². The van der Waals surface area contributed by atoms with Crippen LogP contribution in [0.2, 0.25) is 6.32 Å². The summed E-state index contributed by atoms with van der Waals surface area (Å²) in [4.78, 5) is 0. The predicted molar refractivity (Wildman–Crippen MR) is 33.3 cm³/mol. The normalized spacial score (nSPS) is 14.0. The highest BCUT2D eigenvalue weighted by molar-refractivity contribution is 6.58. The monoisotopic (exact) mass is 139 g/mol. The lowest BCUT2D eigenvalue weighted by Gasteiger charge is -2.25. The second kappa shape index (κ2) is 2.23. The maximum atomic E-state index is 11.6. The van der Waals surface area contributed by atoms with Gasteiger partial charge in [0.2, 0.25) is 0 Å². The lowest BCUT2D eigenvalue weighted by atomic mass is 9.71. The summed E-state index contributed by atoms with van der Waals surface area (Å²) in [6, 6.07) is 0. The molecule has 0 heterocycles. The molecule has 0 aliphatic rings. The van der Waals surface area contributed by atoms with Crippen LogP contribution in [0.4, 0.5) is 12.9 Å². The van der Waals surface area contributed by atoms with Gasteiger partial charge >= 0.3 is 6.98 Å². The Bertz CT molecular complexity index is 77.4. The van der Waals surface area contributed by atoms with E-state index in [4.69, 9.17) is 0 Å². The Morgan fingerprint density at radius 3 is 1.44 bits per heavy atom. The largest absolute Gasteiger partial charge is 0.478 e. The van der Waals surface area contributed by atoms with Gasteiger partial charge in [-0.1, -0.05) is 32.5 Å². The van der Waals surface area contributed by atoms with Crippen LogP contribution in [0.25, 0.3) is 0 Å². The molecule has 0 fully saturated rings. The van der Waals surface area contributed by atoms with E-state index in [0.29, 0.717) is 0 Å². The summed E-state index contributed by atoms with van der Waals surface area (Å²) >= 11 is 0. The van der Waals surface area contributed by atoms with Crippen molar-refractivity contribution in [2.75, 3.05) is 0 Å². The molecule has 0 bridgehead atoms. The van der Waals surface area contributed by atoms with Crippen LogP contribution >= 0.6 is 0 Å². The minimum atomic E-state index is -4.59. The van der Waals surface area contributed by atoms with Gasteiger partial charge < -0.3 is 12.9 Å². The Morgan fingerprint density at radius 2 is 1.44 bits per heavy atom. The van der Waals surface area contributed by atoms with Crippen molar-refractivity contribution in [1.82, 2.24) is 0 Å². The molecule has 9 heavy (non-hydrogen) atoms. The molecule has 0 saturated heterocycles. The van der Waals surface area contributed by atoms with Crippen LogP contribution in [0, 0.1) is 5.41 Å². The van der Waals surface area contributed by atoms with E-state index in [1.165, 1.54) is 0 Å². The first-order valence-electron chi connectivity index (χ1n) is 2.92. The summed E-state index contributed by atoms with van der Waals surface area (Å²) in [6.45, 7) is 0.166. The van der Waals surface area contributed by atoms with E-state index in [0.717, 1.165) is 0 Å². The number of hydrogen-bond donors (Lipinski definition) is 0. The third-order valence-electron chi connectivity index (χ3n) is 0.844. The Kier molecular flexibility index (Phi) is 2.20. The van der Waals surface area contributed by atoms with Crippen molar-refractivity contribution in [1.29, 1.82) is 0 Å². The second-order valence-electron chi connectivity index (χ2n) is 3.48. The highest BCUT2D eigenvalue weighted by Gasteiger charge is 2.29. The van der Waals surface area contributed by atoms with Crippen molar-refractivity contribution in [3.63, 3.8) is 0 Å². The molecule has 0 aliphatic carbocycles. The smallest absolute Gasteiger partial charge is 0.449 e. The van der Waals surface area contributed by atoms with Gasteiger partial charge in [-0.2, -0.15) is 0 Å². The van der Waals surface area contributed by atoms with Crippen molar-refractivity contribution < 1.29 is 12.9 Å². The fourth-order valence-corrected chi connectivity index (χ4v) is 0.694. The molecule has 0 radical (unpaired) electrons. The minimum Gasteiger partial charge on any atom is -0.449 e. The van der Waals surface area contributed by atoms with Crippen LogP contribution in [0.5, 0.6) is 0 Å². The first-order chi connectivity index (χ1) is 3.71. The summed E-state index contributed by atoms with van der Waals surface area (Å²) in [5, 5.41) is 0. The Morgan fingerprint density at radius 1 is 1.11 bits per heavy atom. The lowest BCUT2D eigenvalue weighted by molar-refractivity contribution is 0.377. The maximum absolute atomic E-state index is 11.6. The standard InChI is InChI=1S/C5H11BF3/c1-5(2,3)4-6(7,8)9/h4H2,1-3H3/q-1. The van der Waals surface area contributed by atoms with Gasteiger partial charge in [-0.15, -0.1) is 0 Å². The Balaban J connectivity index is 3.75. The first-order valence-corrected chi connectivity index (χ1v) is 2.92. The molecule has 0 N–H and O–H groups in total. The third kappa shape index (κ3) is 7.85. The van der Waals surface area contributed by atoms with E-state index < -0.39 is 18.7 Å². The van der Waals surface area contributed by atoms with E-state index in [1.807, 2.05) is 0 Å². The average Bonchev–Trinajstić information content (AvgIpc) is 1.14. The van der Waals surface area contributed by atoms with Crippen LogP contribution in [-0.4, -0.2) is 6.98 Å². The fourth-order valence-electron chi connectivity index (χ4n) is 0.694. The molecule has 56 valence electrons. The zero-order chi connectivity index (χ0) is 7.71. The molecule has 0 aliphatic heterocycles. The number of hydrogen-bond acceptors (Lipinski definition) is 0. The molecule has 0 atom stereocenters. The highest BCUT2D eigenvalue weighted by Crippen LogP contribution is 2.29. The molecule has 0 unspecified atom stereocenters. The van der Waals surface area contributed by atoms with Crippen molar-refractivity contribution in [3.05, 3.63) is 0 Å². The predicted octanol–water partition coefficient (Wildman–Crippen LogP) is 2.88. The van der Waals surface area contributed by atoms with Crippen molar-refractivity contribution in [2.45, 2.75) is 27.1 Å². The summed E-state index contributed by atoms with van der Waals surface area (Å²) in [5.74, 6) is 0. The van der Waals surface area contributed by atoms with Crippen LogP contribution in [0.1, 0.15) is 20.8 Å². The van der Waals surface area contributed by atoms with Gasteiger partial charge in [0.15, 0.2) is 0 Å². The van der Waals surface area contributed by atoms with E-state index >= 15 is 0 Å². The maximum Gasteiger partial charge on any atom is 0.478 e. The van der Waals surface area contributed by atoms with Gasteiger partial charge in [0, 0.05) is 0 Å². The summed E-state index contributed by atoms with van der Waals surface area (Å²) in [6.07, 6.45) is -0.646. The topological polar surface area (TPSA) is 0 Å². The molecule has 4 heteroatoms. The van der Waals surface area contributed by atoms with Crippen LogP contribution < -0.4 is 0 Å². The molecular weight excluding hydrogens is 128 g/mol. The van der Waals surface area contributed by atoms with Gasteiger partial charge in [-0.3, -0.25) is 0 Å². The van der Waals surface area contributed by atoms with Crippen molar-refractivity contribution in [2.24, 2.45) is 5.41 Å². The van der Waals surface area contributed by atoms with Gasteiger partial charge in [-0.05, 0) is 0 Å². The quantitative estimate of drug-likeness (QED) is 0.490. The van der Waals surface area contributed by atoms with Crippen LogP contribution in [0.3, 0.4) is 0 Å². The summed E-state index contributed by atoms with van der Waals surface area (Å²) in [5.41, 5.74) is -0.613. The van der Waals surface area contributed by atoms with Gasteiger partial charge in [-0.25, -0.2) is 0 Å². The highest BCUT2D eigenvalue weighted by atomic mass is 19.4. The fraction of sp³-hybridized carbons (Fsp3) is 1.00. The third-order valence-corrected chi connectivity index (χ3v) is 0.844. The van der Waals surface area contributed by atoms with E-state index in [1.54, 1.807) is 20.8 Å². The molecule has 0 nitrogen and oxygen atoms in total. The molecule has 0 rings (SSSR count). The van der Waals surface area contributed by atoms with Gasteiger partial charge in [0.1, 0.15) is 0 Å². The summed E-state index contributed by atoms with van der Waals surface area (Å²) < 4.78 is 34.8. The zero-order valence-electron chi connectivity index (χ0n) is 5.92. The average molecular weight is 139 g/mol. The lowest BCUT2D eigenvalue weighted by Crippen LogP contribution is -2.23. The molecule has 0 aromatic carbocycles. The Hall–Kier alpha value is -0.145. The minimum absolute atomic E-state index is 0.613. The molecule has 0 spiro atoms. The zero-order valence-corrected chi connectivity index (χ0v) is 5.92. The van der Waals surface area contributed by atoms with Crippen molar-refractivity contribution >= 4 is 6.98 Å². The Labute approximate surface area is 53.5 Å². The number of halogens is 3. The summed E-state index contributed by atoms with van der Waals surface area (Å²) in [7, 11) is 0. The van der Waals surface area contributed by atoms with Gasteiger partial charge in [0.25, 0.3) is 0 Å². The molecule has 0 saturated carbocycles. The van der Waals surface area contributed by atoms with Crippen molar-refractivity contribution in [3.8, 4) is 0 Å². The molecule has 0 aromatic rings. The molecule has 0 aromatic heterocycles. The van der Waals surface area contributed by atoms with Crippen LogP contribution in [-0.2, 0) is 0 Å². The number of rotatable bonds is 1. The first kappa shape index (κ1) is 8.85. The molecule has 0 amide bonds. The van der Waals surface area contributed by atoms with Gasteiger partial charge in [0.05, 0.1) is 0 Å².